The van der Waals surface area contributed by atoms with E-state index < -0.39 is 0 Å². The molecule has 0 aromatic carbocycles. The van der Waals surface area contributed by atoms with Crippen molar-refractivity contribution in [3.8, 4) is 0 Å². The Balaban J connectivity index is 2.20. The Morgan fingerprint density at radius 2 is 2.31 bits per heavy atom. The minimum absolute atomic E-state index is 0.541. The maximum atomic E-state index is 5.66. The highest BCUT2D eigenvalue weighted by Crippen LogP contribution is 2.21. The summed E-state index contributed by atoms with van der Waals surface area (Å²) in [4.78, 5) is 0. The number of nitrogens with zero attached hydrogens (tertiary/aromatic N) is 2. The fraction of sp³-hybridized carbons (Fsp3) is 0.750. The summed E-state index contributed by atoms with van der Waals surface area (Å²) in [5.74, 6) is 2.91. The molecule has 0 aliphatic carbocycles. The maximum Gasteiger partial charge on any atom is 0.207 e. The van der Waals surface area contributed by atoms with Crippen LogP contribution in [0.1, 0.15) is 25.3 Å². The van der Waals surface area contributed by atoms with Crippen LogP contribution in [0.25, 0.3) is 0 Å². The number of hydrogen-bond acceptors (Lipinski definition) is 4. The SMILES string of the molecule is CCC(C)CSCc1nnc(Cl)s1. The first-order valence-corrected chi connectivity index (χ1v) is 6.63. The quantitative estimate of drug-likeness (QED) is 0.783. The summed E-state index contributed by atoms with van der Waals surface area (Å²) >= 11 is 9.04. The first-order valence-electron chi connectivity index (χ1n) is 4.28. The van der Waals surface area contributed by atoms with Gasteiger partial charge >= 0.3 is 0 Å². The molecule has 0 N–H and O–H groups in total. The van der Waals surface area contributed by atoms with Gasteiger partial charge in [-0.15, -0.1) is 10.2 Å². The molecule has 0 saturated carbocycles. The molecule has 2 nitrogen and oxygen atoms in total. The summed E-state index contributed by atoms with van der Waals surface area (Å²) < 4.78 is 0.541. The van der Waals surface area contributed by atoms with Gasteiger partial charge in [-0.1, -0.05) is 31.6 Å². The largest absolute Gasteiger partial charge is 0.207 e. The lowest BCUT2D eigenvalue weighted by Gasteiger charge is -2.05. The molecule has 0 bridgehead atoms. The molecular weight excluding hydrogens is 224 g/mol. The predicted molar refractivity (Wildman–Crippen MR) is 60.5 cm³/mol. The third kappa shape index (κ3) is 4.29. The van der Waals surface area contributed by atoms with Crippen molar-refractivity contribution >= 4 is 34.7 Å². The van der Waals surface area contributed by atoms with Crippen LogP contribution in [0.2, 0.25) is 4.47 Å². The van der Waals surface area contributed by atoms with E-state index in [2.05, 4.69) is 24.0 Å². The Morgan fingerprint density at radius 1 is 1.54 bits per heavy atom. The highest BCUT2D eigenvalue weighted by Gasteiger charge is 2.03. The zero-order valence-corrected chi connectivity index (χ0v) is 10.2. The lowest BCUT2D eigenvalue weighted by atomic mass is 10.2. The number of thioether (sulfide) groups is 1. The minimum Gasteiger partial charge on any atom is -0.154 e. The van der Waals surface area contributed by atoms with Gasteiger partial charge in [-0.3, -0.25) is 0 Å². The zero-order chi connectivity index (χ0) is 9.68. The lowest BCUT2D eigenvalue weighted by Crippen LogP contribution is -1.95. The second-order valence-corrected chi connectivity index (χ2v) is 5.65. The van der Waals surface area contributed by atoms with Gasteiger partial charge in [0.15, 0.2) is 0 Å². The standard InChI is InChI=1S/C8H13ClN2S2/c1-3-6(2)4-12-5-7-10-11-8(9)13-7/h6H,3-5H2,1-2H3. The van der Waals surface area contributed by atoms with Crippen LogP contribution < -0.4 is 0 Å². The molecule has 1 rings (SSSR count). The van der Waals surface area contributed by atoms with Gasteiger partial charge in [0.05, 0.1) is 0 Å². The molecule has 0 aliphatic heterocycles. The Bertz CT molecular complexity index is 252. The molecule has 1 atom stereocenters. The van der Waals surface area contributed by atoms with Gasteiger partial charge in [-0.2, -0.15) is 11.8 Å². The van der Waals surface area contributed by atoms with Crippen molar-refractivity contribution in [1.29, 1.82) is 0 Å². The summed E-state index contributed by atoms with van der Waals surface area (Å²) in [6.07, 6.45) is 1.24. The molecule has 1 aromatic rings. The molecule has 1 unspecified atom stereocenters. The van der Waals surface area contributed by atoms with Gasteiger partial charge < -0.3 is 0 Å². The Hall–Kier alpha value is 0.200. The van der Waals surface area contributed by atoms with Crippen molar-refractivity contribution in [2.24, 2.45) is 5.92 Å². The van der Waals surface area contributed by atoms with E-state index in [0.29, 0.717) is 4.47 Å². The van der Waals surface area contributed by atoms with Crippen molar-refractivity contribution in [2.45, 2.75) is 26.0 Å². The molecule has 5 heteroatoms. The van der Waals surface area contributed by atoms with E-state index in [1.807, 2.05) is 11.8 Å². The van der Waals surface area contributed by atoms with Crippen LogP contribution in [-0.4, -0.2) is 16.0 Å². The van der Waals surface area contributed by atoms with Crippen molar-refractivity contribution in [3.05, 3.63) is 9.47 Å². The molecule has 0 aliphatic rings. The lowest BCUT2D eigenvalue weighted by molar-refractivity contribution is 0.637. The van der Waals surface area contributed by atoms with Crippen LogP contribution in [0, 0.1) is 5.92 Å². The third-order valence-electron chi connectivity index (χ3n) is 1.77. The molecular formula is C8H13ClN2S2. The summed E-state index contributed by atoms with van der Waals surface area (Å²) in [6.45, 7) is 4.48. The number of rotatable bonds is 5. The second-order valence-electron chi connectivity index (χ2n) is 2.98. The fourth-order valence-corrected chi connectivity index (χ4v) is 2.89. The summed E-state index contributed by atoms with van der Waals surface area (Å²) in [5.41, 5.74) is 0. The van der Waals surface area contributed by atoms with E-state index in [4.69, 9.17) is 11.6 Å². The molecule has 74 valence electrons. The second kappa shape index (κ2) is 5.83. The van der Waals surface area contributed by atoms with E-state index in [1.54, 1.807) is 0 Å². The van der Waals surface area contributed by atoms with Crippen LogP contribution in [-0.2, 0) is 5.75 Å². The van der Waals surface area contributed by atoms with Crippen LogP contribution in [0.15, 0.2) is 0 Å². The van der Waals surface area contributed by atoms with Gasteiger partial charge in [0.2, 0.25) is 4.47 Å². The van der Waals surface area contributed by atoms with E-state index >= 15 is 0 Å². The van der Waals surface area contributed by atoms with Gasteiger partial charge in [-0.25, -0.2) is 0 Å². The third-order valence-corrected chi connectivity index (χ3v) is 4.25. The molecule has 0 radical (unpaired) electrons. The van der Waals surface area contributed by atoms with Crippen molar-refractivity contribution in [2.75, 3.05) is 5.75 Å². The summed E-state index contributed by atoms with van der Waals surface area (Å²) in [7, 11) is 0. The van der Waals surface area contributed by atoms with Crippen LogP contribution in [0.3, 0.4) is 0 Å². The average Bonchev–Trinajstić information content (AvgIpc) is 2.51. The van der Waals surface area contributed by atoms with Gasteiger partial charge in [0, 0.05) is 5.75 Å². The van der Waals surface area contributed by atoms with Gasteiger partial charge in [-0.05, 0) is 23.3 Å². The topological polar surface area (TPSA) is 25.8 Å². The van der Waals surface area contributed by atoms with Crippen LogP contribution in [0.4, 0.5) is 0 Å². The van der Waals surface area contributed by atoms with E-state index in [0.717, 1.165) is 16.7 Å². The smallest absolute Gasteiger partial charge is 0.154 e. The van der Waals surface area contributed by atoms with E-state index in [-0.39, 0.29) is 0 Å². The summed E-state index contributed by atoms with van der Waals surface area (Å²) in [6, 6.07) is 0. The molecule has 0 amide bonds. The van der Waals surface area contributed by atoms with Crippen molar-refractivity contribution in [1.82, 2.24) is 10.2 Å². The Labute approximate surface area is 92.1 Å². The highest BCUT2D eigenvalue weighted by atomic mass is 35.5. The molecule has 0 spiro atoms. The van der Waals surface area contributed by atoms with E-state index in [9.17, 15) is 0 Å². The molecule has 0 saturated heterocycles. The number of halogens is 1. The first-order chi connectivity index (χ1) is 6.22. The average molecular weight is 237 g/mol. The number of aromatic nitrogens is 2. The first kappa shape index (κ1) is 11.3. The highest BCUT2D eigenvalue weighted by molar-refractivity contribution is 7.98. The molecule has 13 heavy (non-hydrogen) atoms. The normalized spacial score (nSPS) is 13.2. The Morgan fingerprint density at radius 3 is 2.85 bits per heavy atom. The van der Waals surface area contributed by atoms with Gasteiger partial charge in [0.1, 0.15) is 5.01 Å². The molecule has 0 fully saturated rings. The monoisotopic (exact) mass is 236 g/mol. The zero-order valence-electron chi connectivity index (χ0n) is 7.79. The van der Waals surface area contributed by atoms with Gasteiger partial charge in [0.25, 0.3) is 0 Å². The maximum absolute atomic E-state index is 5.66. The van der Waals surface area contributed by atoms with Crippen molar-refractivity contribution < 1.29 is 0 Å². The molecule has 1 aromatic heterocycles. The molecule has 1 heterocycles. The van der Waals surface area contributed by atoms with Crippen LogP contribution in [0.5, 0.6) is 0 Å². The fourth-order valence-electron chi connectivity index (χ4n) is 0.757. The van der Waals surface area contributed by atoms with Crippen LogP contribution >= 0.6 is 34.7 Å². The van der Waals surface area contributed by atoms with E-state index in [1.165, 1.54) is 23.5 Å². The summed E-state index contributed by atoms with van der Waals surface area (Å²) in [5, 5.41) is 8.74. The minimum atomic E-state index is 0.541. The Kier molecular flexibility index (Phi) is 5.06. The van der Waals surface area contributed by atoms with Crippen molar-refractivity contribution in [3.63, 3.8) is 0 Å². The predicted octanol–water partition coefficient (Wildman–Crippen LogP) is 3.47. The number of hydrogen-bond donors (Lipinski definition) is 0.